The van der Waals surface area contributed by atoms with Gasteiger partial charge < -0.3 is 14.2 Å². The van der Waals surface area contributed by atoms with Crippen molar-refractivity contribution in [3.05, 3.63) is 96.2 Å². The minimum atomic E-state index is 0.0282. The molecule has 0 spiro atoms. The highest BCUT2D eigenvalue weighted by atomic mass is 16.5. The number of aromatic nitrogens is 1. The van der Waals surface area contributed by atoms with Gasteiger partial charge in [-0.25, -0.2) is 0 Å². The molecule has 0 fully saturated rings. The van der Waals surface area contributed by atoms with Gasteiger partial charge in [0.2, 0.25) is 0 Å². The van der Waals surface area contributed by atoms with Crippen molar-refractivity contribution < 1.29 is 9.53 Å². The van der Waals surface area contributed by atoms with E-state index in [0.29, 0.717) is 6.61 Å². The smallest absolute Gasteiger partial charge is 0.258 e. The minimum Gasteiger partial charge on any atom is -0.492 e. The number of hydrogen-bond donors (Lipinski definition) is 0. The molecule has 0 saturated carbocycles. The van der Waals surface area contributed by atoms with E-state index in [1.54, 1.807) is 4.90 Å². The minimum absolute atomic E-state index is 0.0282. The fourth-order valence-electron chi connectivity index (χ4n) is 4.05. The number of para-hydroxylation sites is 3. The fraction of sp³-hybridized carbons (Fsp3) is 0.115. The van der Waals surface area contributed by atoms with Gasteiger partial charge in [-0.3, -0.25) is 4.79 Å². The summed E-state index contributed by atoms with van der Waals surface area (Å²) in [6.07, 6.45) is 4.13. The van der Waals surface area contributed by atoms with Crippen molar-refractivity contribution in [3.8, 4) is 5.75 Å². The quantitative estimate of drug-likeness (QED) is 0.434. The number of carbonyl (C=O) groups is 1. The van der Waals surface area contributed by atoms with Crippen LogP contribution >= 0.6 is 0 Å². The van der Waals surface area contributed by atoms with E-state index in [1.165, 1.54) is 0 Å². The Kier molecular flexibility index (Phi) is 4.60. The molecule has 30 heavy (non-hydrogen) atoms. The molecule has 0 aliphatic carbocycles. The molecule has 0 N–H and O–H groups in total. The zero-order valence-electron chi connectivity index (χ0n) is 16.8. The summed E-state index contributed by atoms with van der Waals surface area (Å²) in [5, 5.41) is 1.13. The van der Waals surface area contributed by atoms with Crippen LogP contribution in [-0.2, 0) is 11.3 Å². The van der Waals surface area contributed by atoms with Gasteiger partial charge in [-0.05, 0) is 30.3 Å². The highest BCUT2D eigenvalue weighted by molar-refractivity contribution is 6.36. The van der Waals surface area contributed by atoms with Crippen molar-refractivity contribution in [3.63, 3.8) is 0 Å². The van der Waals surface area contributed by atoms with Gasteiger partial charge in [-0.1, -0.05) is 54.6 Å². The molecule has 148 valence electrons. The molecule has 4 nitrogen and oxygen atoms in total. The molecule has 4 aromatic rings. The van der Waals surface area contributed by atoms with E-state index in [2.05, 4.69) is 22.9 Å². The summed E-state index contributed by atoms with van der Waals surface area (Å²) < 4.78 is 8.08. The number of carbonyl (C=O) groups excluding carboxylic acids is 1. The van der Waals surface area contributed by atoms with Crippen LogP contribution in [-0.4, -0.2) is 24.1 Å². The number of nitrogens with zero attached hydrogens (tertiary/aromatic N) is 2. The van der Waals surface area contributed by atoms with E-state index >= 15 is 0 Å². The van der Waals surface area contributed by atoms with Crippen molar-refractivity contribution in [1.29, 1.82) is 0 Å². The average molecular weight is 394 g/mol. The van der Waals surface area contributed by atoms with Crippen LogP contribution in [0.25, 0.3) is 22.6 Å². The summed E-state index contributed by atoms with van der Waals surface area (Å²) in [6.45, 7) is 1.30. The molecule has 1 amide bonds. The van der Waals surface area contributed by atoms with Gasteiger partial charge >= 0.3 is 0 Å². The molecule has 1 aromatic heterocycles. The monoisotopic (exact) mass is 394 g/mol. The van der Waals surface area contributed by atoms with Crippen LogP contribution in [0.4, 0.5) is 5.69 Å². The molecular formula is C26H22N2O2. The van der Waals surface area contributed by atoms with Crippen molar-refractivity contribution in [2.24, 2.45) is 0 Å². The molecule has 1 aliphatic rings. The Morgan fingerprint density at radius 1 is 0.900 bits per heavy atom. The summed E-state index contributed by atoms with van der Waals surface area (Å²) in [6, 6.07) is 26.1. The standard InChI is InChI=1S/C26H22N2O2/c1-27-24-13-7-6-12-22(24)23(26(27)29)17-19-18-28(25-14-8-5-11-21(19)25)15-16-30-20-9-3-2-4-10-20/h2-14,17-18H,15-16H2,1H3. The van der Waals surface area contributed by atoms with Gasteiger partial charge in [0.1, 0.15) is 12.4 Å². The largest absolute Gasteiger partial charge is 0.492 e. The third-order valence-electron chi connectivity index (χ3n) is 5.55. The molecule has 0 atom stereocenters. The normalized spacial score (nSPS) is 14.5. The van der Waals surface area contributed by atoms with Gasteiger partial charge in [0, 0.05) is 40.8 Å². The van der Waals surface area contributed by atoms with E-state index in [0.717, 1.165) is 45.6 Å². The Labute approximate surface area is 175 Å². The van der Waals surface area contributed by atoms with Gasteiger partial charge in [0.05, 0.1) is 12.2 Å². The van der Waals surface area contributed by atoms with Crippen LogP contribution < -0.4 is 9.64 Å². The Bertz CT molecular complexity index is 1250. The number of rotatable bonds is 5. The maximum absolute atomic E-state index is 12.9. The summed E-state index contributed by atoms with van der Waals surface area (Å²) in [5.41, 5.74) is 4.84. The molecular weight excluding hydrogens is 372 g/mol. The van der Waals surface area contributed by atoms with Crippen LogP contribution in [0, 0.1) is 0 Å². The predicted octanol–water partition coefficient (Wildman–Crippen LogP) is 5.24. The number of amides is 1. The SMILES string of the molecule is CN1C(=O)C(=Cc2cn(CCOc3ccccc3)c3ccccc23)c2ccccc21. The lowest BCUT2D eigenvalue weighted by molar-refractivity contribution is -0.112. The Morgan fingerprint density at radius 3 is 2.50 bits per heavy atom. The van der Waals surface area contributed by atoms with E-state index in [-0.39, 0.29) is 5.91 Å². The second-order valence-electron chi connectivity index (χ2n) is 7.40. The summed E-state index contributed by atoms with van der Waals surface area (Å²) in [4.78, 5) is 14.6. The Morgan fingerprint density at radius 2 is 1.63 bits per heavy atom. The first-order valence-electron chi connectivity index (χ1n) is 10.1. The number of anilines is 1. The fourth-order valence-corrected chi connectivity index (χ4v) is 4.05. The average Bonchev–Trinajstić information content (AvgIpc) is 3.26. The first kappa shape index (κ1) is 18.3. The van der Waals surface area contributed by atoms with Crippen molar-refractivity contribution in [1.82, 2.24) is 4.57 Å². The Hall–Kier alpha value is -3.79. The lowest BCUT2D eigenvalue weighted by Crippen LogP contribution is -2.20. The number of fused-ring (bicyclic) bond motifs is 2. The first-order valence-corrected chi connectivity index (χ1v) is 10.1. The number of ether oxygens (including phenoxy) is 1. The topological polar surface area (TPSA) is 34.5 Å². The summed E-state index contributed by atoms with van der Waals surface area (Å²) in [7, 11) is 1.83. The number of hydrogen-bond acceptors (Lipinski definition) is 2. The molecule has 0 radical (unpaired) electrons. The van der Waals surface area contributed by atoms with Crippen LogP contribution in [0.2, 0.25) is 0 Å². The maximum Gasteiger partial charge on any atom is 0.258 e. The first-order chi connectivity index (χ1) is 14.7. The number of benzene rings is 3. The van der Waals surface area contributed by atoms with Crippen LogP contribution in [0.15, 0.2) is 85.1 Å². The summed E-state index contributed by atoms with van der Waals surface area (Å²) >= 11 is 0. The van der Waals surface area contributed by atoms with E-state index in [9.17, 15) is 4.79 Å². The predicted molar refractivity (Wildman–Crippen MR) is 122 cm³/mol. The van der Waals surface area contributed by atoms with Gasteiger partial charge in [0.15, 0.2) is 0 Å². The van der Waals surface area contributed by atoms with Gasteiger partial charge in [-0.2, -0.15) is 0 Å². The van der Waals surface area contributed by atoms with Gasteiger partial charge in [-0.15, -0.1) is 0 Å². The lowest BCUT2D eigenvalue weighted by atomic mass is 10.0. The van der Waals surface area contributed by atoms with E-state index < -0.39 is 0 Å². The molecule has 1 aliphatic heterocycles. The van der Waals surface area contributed by atoms with E-state index in [1.807, 2.05) is 79.9 Å². The third kappa shape index (κ3) is 3.16. The lowest BCUT2D eigenvalue weighted by Gasteiger charge is -2.08. The molecule has 4 heteroatoms. The van der Waals surface area contributed by atoms with Crippen LogP contribution in [0.5, 0.6) is 5.75 Å². The van der Waals surface area contributed by atoms with Gasteiger partial charge in [0.25, 0.3) is 5.91 Å². The van der Waals surface area contributed by atoms with Crippen molar-refractivity contribution in [2.45, 2.75) is 6.54 Å². The van der Waals surface area contributed by atoms with E-state index in [4.69, 9.17) is 4.74 Å². The second kappa shape index (κ2) is 7.56. The zero-order chi connectivity index (χ0) is 20.5. The van der Waals surface area contributed by atoms with Crippen LogP contribution in [0.1, 0.15) is 11.1 Å². The number of likely N-dealkylation sites (N-methyl/N-ethyl adjacent to an activating group) is 1. The molecule has 0 unspecified atom stereocenters. The van der Waals surface area contributed by atoms with Crippen LogP contribution in [0.3, 0.4) is 0 Å². The Balaban J connectivity index is 1.49. The summed E-state index contributed by atoms with van der Waals surface area (Å²) in [5.74, 6) is 0.896. The highest BCUT2D eigenvalue weighted by Crippen LogP contribution is 2.37. The highest BCUT2D eigenvalue weighted by Gasteiger charge is 2.29. The molecule has 5 rings (SSSR count). The molecule has 2 heterocycles. The third-order valence-corrected chi connectivity index (χ3v) is 5.55. The molecule has 0 saturated heterocycles. The molecule has 0 bridgehead atoms. The maximum atomic E-state index is 12.9. The molecule has 3 aromatic carbocycles. The zero-order valence-corrected chi connectivity index (χ0v) is 16.8. The van der Waals surface area contributed by atoms with Crippen molar-refractivity contribution in [2.75, 3.05) is 18.6 Å². The van der Waals surface area contributed by atoms with Crippen molar-refractivity contribution >= 4 is 34.1 Å². The second-order valence-corrected chi connectivity index (χ2v) is 7.40.